The van der Waals surface area contributed by atoms with Crippen molar-refractivity contribution in [1.29, 1.82) is 0 Å². The molecule has 1 atom stereocenters. The summed E-state index contributed by atoms with van der Waals surface area (Å²) in [6.45, 7) is 0.872. The van der Waals surface area contributed by atoms with Crippen molar-refractivity contribution in [3.8, 4) is 0 Å². The topological polar surface area (TPSA) is 89.5 Å². The number of rotatable bonds is 3. The lowest BCUT2D eigenvalue weighted by Crippen LogP contribution is -2.26. The third kappa shape index (κ3) is 2.46. The molecule has 2 N–H and O–H groups in total. The van der Waals surface area contributed by atoms with Crippen LogP contribution in [0, 0.1) is 19.6 Å². The molecule has 2 rings (SSSR count). The van der Waals surface area contributed by atoms with Crippen molar-refractivity contribution in [2.75, 3.05) is 18.0 Å². The quantitative estimate of drug-likeness (QED) is 0.502. The average molecular weight is 361 g/mol. The van der Waals surface area contributed by atoms with E-state index in [1.165, 1.54) is 11.0 Å². The predicted octanol–water partition coefficient (Wildman–Crippen LogP) is 1.51. The van der Waals surface area contributed by atoms with Crippen molar-refractivity contribution in [1.82, 2.24) is 0 Å². The van der Waals surface area contributed by atoms with Crippen LogP contribution in [0.3, 0.4) is 0 Å². The molecular weight excluding hydrogens is 349 g/mol. The summed E-state index contributed by atoms with van der Waals surface area (Å²) in [5.74, 6) is -0.0221. The van der Waals surface area contributed by atoms with Gasteiger partial charge in [0.15, 0.2) is 0 Å². The molecule has 0 radical (unpaired) electrons. The van der Waals surface area contributed by atoms with Crippen LogP contribution >= 0.6 is 22.6 Å². The molecule has 18 heavy (non-hydrogen) atoms. The number of hydrogen-bond acceptors (Lipinski definition) is 4. The van der Waals surface area contributed by atoms with Gasteiger partial charge in [-0.2, -0.15) is 0 Å². The van der Waals surface area contributed by atoms with E-state index in [4.69, 9.17) is 5.73 Å². The molecule has 0 aliphatic carbocycles. The minimum atomic E-state index is -0.458. The number of nitrogens with two attached hydrogens (primary N) is 1. The van der Waals surface area contributed by atoms with Crippen LogP contribution in [-0.2, 0) is 4.79 Å². The normalized spacial score (nSPS) is 19.3. The highest BCUT2D eigenvalue weighted by molar-refractivity contribution is 14.1. The molecule has 1 aliphatic heterocycles. The average Bonchev–Trinajstić information content (AvgIpc) is 2.70. The fourth-order valence-electron chi connectivity index (χ4n) is 2.04. The van der Waals surface area contributed by atoms with Crippen LogP contribution in [0.4, 0.5) is 11.4 Å². The van der Waals surface area contributed by atoms with Gasteiger partial charge in [-0.05, 0) is 47.2 Å². The molecule has 1 aromatic rings. The fourth-order valence-corrected chi connectivity index (χ4v) is 2.52. The molecule has 0 aromatic heterocycles. The van der Waals surface area contributed by atoms with Crippen LogP contribution in [-0.4, -0.2) is 23.9 Å². The number of carbonyl (C=O) groups excluding carboxylic acids is 1. The highest BCUT2D eigenvalue weighted by Gasteiger charge is 2.33. The second-order valence-electron chi connectivity index (χ2n) is 4.20. The number of anilines is 1. The van der Waals surface area contributed by atoms with Gasteiger partial charge in [0.05, 0.1) is 4.92 Å². The Morgan fingerprint density at radius 1 is 1.56 bits per heavy atom. The van der Waals surface area contributed by atoms with Crippen molar-refractivity contribution >= 4 is 39.9 Å². The summed E-state index contributed by atoms with van der Waals surface area (Å²) in [6, 6.07) is 4.85. The van der Waals surface area contributed by atoms with Crippen molar-refractivity contribution < 1.29 is 9.72 Å². The van der Waals surface area contributed by atoms with E-state index in [0.29, 0.717) is 25.2 Å². The van der Waals surface area contributed by atoms with Gasteiger partial charge in [0.2, 0.25) is 5.91 Å². The third-order valence-corrected chi connectivity index (χ3v) is 3.63. The minimum absolute atomic E-state index is 0.0343. The van der Waals surface area contributed by atoms with Crippen molar-refractivity contribution in [3.63, 3.8) is 0 Å². The number of carbonyl (C=O) groups is 1. The summed E-state index contributed by atoms with van der Waals surface area (Å²) in [7, 11) is 0. The Morgan fingerprint density at radius 2 is 2.28 bits per heavy atom. The first-order valence-electron chi connectivity index (χ1n) is 5.47. The number of halogens is 1. The highest BCUT2D eigenvalue weighted by atomic mass is 127. The molecule has 1 aliphatic rings. The van der Waals surface area contributed by atoms with Gasteiger partial charge in [-0.1, -0.05) is 0 Å². The Morgan fingerprint density at radius 3 is 2.83 bits per heavy atom. The van der Waals surface area contributed by atoms with Gasteiger partial charge in [-0.25, -0.2) is 0 Å². The molecule has 1 amide bonds. The molecule has 1 unspecified atom stereocenters. The summed E-state index contributed by atoms with van der Waals surface area (Å²) in [5, 5.41) is 11.0. The maximum atomic E-state index is 11.8. The first kappa shape index (κ1) is 13.2. The van der Waals surface area contributed by atoms with Gasteiger partial charge in [-0.15, -0.1) is 0 Å². The molecule has 96 valence electrons. The van der Waals surface area contributed by atoms with Crippen LogP contribution < -0.4 is 10.6 Å². The van der Waals surface area contributed by atoms with Gasteiger partial charge in [0.1, 0.15) is 5.69 Å². The van der Waals surface area contributed by atoms with Crippen LogP contribution in [0.1, 0.15) is 6.42 Å². The molecule has 0 bridgehead atoms. The maximum absolute atomic E-state index is 11.8. The number of hydrogen-bond donors (Lipinski definition) is 1. The second kappa shape index (κ2) is 5.19. The molecule has 0 spiro atoms. The Kier molecular flexibility index (Phi) is 3.81. The van der Waals surface area contributed by atoms with Crippen molar-refractivity contribution in [2.45, 2.75) is 6.42 Å². The summed E-state index contributed by atoms with van der Waals surface area (Å²) in [5.41, 5.74) is 5.87. The molecule has 6 nitrogen and oxygen atoms in total. The lowest BCUT2D eigenvalue weighted by molar-refractivity contribution is -0.384. The Bertz CT molecular complexity index is 506. The summed E-state index contributed by atoms with van der Waals surface area (Å²) >= 11 is 2.01. The van der Waals surface area contributed by atoms with E-state index in [1.54, 1.807) is 12.1 Å². The van der Waals surface area contributed by atoms with Gasteiger partial charge >= 0.3 is 0 Å². The first-order chi connectivity index (χ1) is 8.52. The first-order valence-corrected chi connectivity index (χ1v) is 6.55. The fraction of sp³-hybridized carbons (Fsp3) is 0.364. The molecule has 1 aromatic carbocycles. The minimum Gasteiger partial charge on any atom is -0.330 e. The van der Waals surface area contributed by atoms with Crippen LogP contribution in [0.5, 0.6) is 0 Å². The van der Waals surface area contributed by atoms with Crippen LogP contribution in [0.25, 0.3) is 0 Å². The predicted molar refractivity (Wildman–Crippen MR) is 75.3 cm³/mol. The zero-order chi connectivity index (χ0) is 13.3. The van der Waals surface area contributed by atoms with Crippen molar-refractivity contribution in [3.05, 3.63) is 31.9 Å². The molecular formula is C11H12IN3O3. The maximum Gasteiger partial charge on any atom is 0.294 e. The lowest BCUT2D eigenvalue weighted by Gasteiger charge is -2.16. The standard InChI is InChI=1S/C11H12IN3O3/c12-8-1-2-9(10(4-8)15(17)18)14-6-7(5-13)3-11(14)16/h1-2,4,7H,3,5-6,13H2. The molecule has 0 saturated carbocycles. The van der Waals surface area contributed by atoms with Crippen LogP contribution in [0.2, 0.25) is 0 Å². The molecule has 1 heterocycles. The van der Waals surface area contributed by atoms with E-state index in [-0.39, 0.29) is 17.5 Å². The monoisotopic (exact) mass is 361 g/mol. The number of nitro benzene ring substituents is 1. The highest BCUT2D eigenvalue weighted by Crippen LogP contribution is 2.33. The lowest BCUT2D eigenvalue weighted by atomic mass is 10.1. The van der Waals surface area contributed by atoms with Gasteiger partial charge < -0.3 is 10.6 Å². The Hall–Kier alpha value is -1.22. The number of amides is 1. The zero-order valence-corrected chi connectivity index (χ0v) is 11.7. The van der Waals surface area contributed by atoms with Gasteiger partial charge in [0, 0.05) is 22.6 Å². The number of nitro groups is 1. The summed E-state index contributed by atoms with van der Waals surface area (Å²) in [6.07, 6.45) is 0.361. The molecule has 1 fully saturated rings. The largest absolute Gasteiger partial charge is 0.330 e. The summed E-state index contributed by atoms with van der Waals surface area (Å²) < 4.78 is 0.769. The third-order valence-electron chi connectivity index (χ3n) is 2.96. The van der Waals surface area contributed by atoms with E-state index >= 15 is 0 Å². The van der Waals surface area contributed by atoms with E-state index in [9.17, 15) is 14.9 Å². The number of benzene rings is 1. The van der Waals surface area contributed by atoms with Crippen molar-refractivity contribution in [2.24, 2.45) is 11.7 Å². The molecule has 7 heteroatoms. The Balaban J connectivity index is 2.39. The Labute approximate surface area is 117 Å². The van der Waals surface area contributed by atoms with E-state index in [0.717, 1.165) is 3.57 Å². The van der Waals surface area contributed by atoms with Crippen LogP contribution in [0.15, 0.2) is 18.2 Å². The van der Waals surface area contributed by atoms with E-state index < -0.39 is 4.92 Å². The molecule has 1 saturated heterocycles. The van der Waals surface area contributed by atoms with E-state index in [2.05, 4.69) is 0 Å². The smallest absolute Gasteiger partial charge is 0.294 e. The van der Waals surface area contributed by atoms with Gasteiger partial charge in [-0.3, -0.25) is 14.9 Å². The second-order valence-corrected chi connectivity index (χ2v) is 5.45. The zero-order valence-electron chi connectivity index (χ0n) is 9.51. The van der Waals surface area contributed by atoms with E-state index in [1.807, 2.05) is 22.6 Å². The number of nitrogens with zero attached hydrogens (tertiary/aromatic N) is 2. The SMILES string of the molecule is NCC1CC(=O)N(c2ccc(I)cc2[N+](=O)[O-])C1. The van der Waals surface area contributed by atoms with Gasteiger partial charge in [0.25, 0.3) is 5.69 Å². The summed E-state index contributed by atoms with van der Waals surface area (Å²) in [4.78, 5) is 23.9.